The van der Waals surface area contributed by atoms with Gasteiger partial charge < -0.3 is 14.8 Å². The molecule has 2 unspecified atom stereocenters. The first-order valence-corrected chi connectivity index (χ1v) is 14.1. The van der Waals surface area contributed by atoms with Gasteiger partial charge in [-0.3, -0.25) is 4.79 Å². The minimum Gasteiger partial charge on any atom is -0.493 e. The molecule has 2 atom stereocenters. The van der Waals surface area contributed by atoms with Crippen LogP contribution in [0.2, 0.25) is 0 Å². The van der Waals surface area contributed by atoms with Crippen LogP contribution in [0.3, 0.4) is 0 Å². The minimum absolute atomic E-state index is 0.0109. The van der Waals surface area contributed by atoms with Crippen LogP contribution in [0.15, 0.2) is 27.9 Å². The van der Waals surface area contributed by atoms with E-state index in [0.29, 0.717) is 35.6 Å². The van der Waals surface area contributed by atoms with Gasteiger partial charge in [0, 0.05) is 12.0 Å². The zero-order valence-electron chi connectivity index (χ0n) is 21.2. The highest BCUT2D eigenvalue weighted by atomic mass is 32.2. The summed E-state index contributed by atoms with van der Waals surface area (Å²) < 4.78 is 36.4. The van der Waals surface area contributed by atoms with Crippen LogP contribution in [-0.4, -0.2) is 52.4 Å². The van der Waals surface area contributed by atoms with Gasteiger partial charge >= 0.3 is 0 Å². The Hall–Kier alpha value is -2.76. The van der Waals surface area contributed by atoms with Crippen molar-refractivity contribution >= 4 is 15.5 Å². The molecule has 3 N–H and O–H groups in total. The van der Waals surface area contributed by atoms with E-state index >= 15 is 0 Å². The SMILES string of the molecule is CCOc1ccc(S(=O)(=O)NC(CO)C(C)CC)cc1-c1nn2c(C3CCCC3)nc(C)c2c(=O)[nH]1. The third-order valence-corrected chi connectivity index (χ3v) is 8.56. The lowest BCUT2D eigenvalue weighted by atomic mass is 10.0. The summed E-state index contributed by atoms with van der Waals surface area (Å²) in [6, 6.07) is 3.84. The Morgan fingerprint density at radius 3 is 2.64 bits per heavy atom. The normalized spacial score (nSPS) is 16.5. The number of hydrogen-bond acceptors (Lipinski definition) is 7. The summed E-state index contributed by atoms with van der Waals surface area (Å²) in [5.41, 5.74) is 1.01. The lowest BCUT2D eigenvalue weighted by Crippen LogP contribution is -2.41. The number of aryl methyl sites for hydroxylation is 1. The monoisotopic (exact) mass is 517 g/mol. The van der Waals surface area contributed by atoms with E-state index in [1.807, 2.05) is 20.8 Å². The lowest BCUT2D eigenvalue weighted by Gasteiger charge is -2.22. The number of nitrogens with zero attached hydrogens (tertiary/aromatic N) is 3. The van der Waals surface area contributed by atoms with Crippen molar-refractivity contribution in [3.05, 3.63) is 40.1 Å². The fourth-order valence-electron chi connectivity index (χ4n) is 4.79. The molecule has 11 heteroatoms. The first-order valence-electron chi connectivity index (χ1n) is 12.6. The van der Waals surface area contributed by atoms with E-state index in [2.05, 4.69) is 14.7 Å². The van der Waals surface area contributed by atoms with Crippen LogP contribution in [0.1, 0.15) is 70.3 Å². The Labute approximate surface area is 211 Å². The summed E-state index contributed by atoms with van der Waals surface area (Å²) in [5.74, 6) is 1.54. The van der Waals surface area contributed by atoms with E-state index in [4.69, 9.17) is 9.84 Å². The number of hydrogen-bond donors (Lipinski definition) is 3. The van der Waals surface area contributed by atoms with Crippen LogP contribution in [0.4, 0.5) is 0 Å². The predicted molar refractivity (Wildman–Crippen MR) is 137 cm³/mol. The van der Waals surface area contributed by atoms with E-state index in [0.717, 1.165) is 31.5 Å². The zero-order valence-corrected chi connectivity index (χ0v) is 22.1. The predicted octanol–water partition coefficient (Wildman–Crippen LogP) is 3.13. The molecule has 1 aromatic carbocycles. The Bertz CT molecular complexity index is 1390. The zero-order chi connectivity index (χ0) is 26.0. The van der Waals surface area contributed by atoms with Gasteiger partial charge in [-0.2, -0.15) is 0 Å². The maximum absolute atomic E-state index is 13.2. The number of rotatable bonds is 10. The number of H-pyrrole nitrogens is 1. The van der Waals surface area contributed by atoms with E-state index in [-0.39, 0.29) is 34.7 Å². The van der Waals surface area contributed by atoms with Gasteiger partial charge in [0.05, 0.1) is 29.4 Å². The first-order chi connectivity index (χ1) is 17.2. The van der Waals surface area contributed by atoms with Crippen molar-refractivity contribution in [3.8, 4) is 17.1 Å². The molecule has 1 saturated carbocycles. The van der Waals surface area contributed by atoms with Gasteiger partial charge in [-0.15, -0.1) is 5.10 Å². The maximum Gasteiger partial charge on any atom is 0.277 e. The van der Waals surface area contributed by atoms with Gasteiger partial charge in [0.25, 0.3) is 5.56 Å². The smallest absolute Gasteiger partial charge is 0.277 e. The molecule has 1 aliphatic rings. The number of aliphatic hydroxyl groups excluding tert-OH is 1. The van der Waals surface area contributed by atoms with Crippen LogP contribution in [0.25, 0.3) is 16.9 Å². The maximum atomic E-state index is 13.2. The number of aliphatic hydroxyl groups is 1. The number of sulfonamides is 1. The minimum atomic E-state index is -3.96. The van der Waals surface area contributed by atoms with E-state index in [1.54, 1.807) is 17.5 Å². The van der Waals surface area contributed by atoms with Crippen LogP contribution < -0.4 is 15.0 Å². The summed E-state index contributed by atoms with van der Waals surface area (Å²) in [6.07, 6.45) is 4.92. The van der Waals surface area contributed by atoms with Gasteiger partial charge in [-0.1, -0.05) is 33.1 Å². The Morgan fingerprint density at radius 1 is 1.28 bits per heavy atom. The number of benzene rings is 1. The first kappa shape index (κ1) is 26.3. The molecule has 0 radical (unpaired) electrons. The third kappa shape index (κ3) is 5.05. The number of ether oxygens (including phenoxy) is 1. The van der Waals surface area contributed by atoms with Crippen molar-refractivity contribution in [1.29, 1.82) is 0 Å². The number of imidazole rings is 1. The third-order valence-electron chi connectivity index (χ3n) is 7.07. The van der Waals surface area contributed by atoms with Gasteiger partial charge in [-0.05, 0) is 50.8 Å². The number of fused-ring (bicyclic) bond motifs is 1. The van der Waals surface area contributed by atoms with Crippen molar-refractivity contribution < 1.29 is 18.3 Å². The molecular formula is C25H35N5O5S. The Balaban J connectivity index is 1.84. The molecule has 196 valence electrons. The molecule has 36 heavy (non-hydrogen) atoms. The highest BCUT2D eigenvalue weighted by molar-refractivity contribution is 7.89. The highest BCUT2D eigenvalue weighted by Crippen LogP contribution is 2.35. The highest BCUT2D eigenvalue weighted by Gasteiger charge is 2.27. The topological polar surface area (TPSA) is 139 Å². The van der Waals surface area contributed by atoms with Gasteiger partial charge in [-0.25, -0.2) is 22.6 Å². The van der Waals surface area contributed by atoms with E-state index in [1.165, 1.54) is 12.1 Å². The molecule has 2 heterocycles. The van der Waals surface area contributed by atoms with Crippen LogP contribution >= 0.6 is 0 Å². The van der Waals surface area contributed by atoms with Gasteiger partial charge in [0.1, 0.15) is 11.6 Å². The number of aromatic amines is 1. The van der Waals surface area contributed by atoms with Crippen LogP contribution in [-0.2, 0) is 10.0 Å². The Morgan fingerprint density at radius 2 is 2.00 bits per heavy atom. The molecule has 0 saturated heterocycles. The number of nitrogens with one attached hydrogen (secondary N) is 2. The van der Waals surface area contributed by atoms with Crippen molar-refractivity contribution in [2.45, 2.75) is 76.7 Å². The molecule has 3 aromatic rings. The number of aromatic nitrogens is 4. The second-order valence-corrected chi connectivity index (χ2v) is 11.2. The summed E-state index contributed by atoms with van der Waals surface area (Å²) in [5, 5.41) is 14.4. The summed E-state index contributed by atoms with van der Waals surface area (Å²) in [6.45, 7) is 7.47. The molecule has 0 aliphatic heterocycles. The molecule has 10 nitrogen and oxygen atoms in total. The molecular weight excluding hydrogens is 482 g/mol. The molecule has 0 spiro atoms. The largest absolute Gasteiger partial charge is 0.493 e. The van der Waals surface area contributed by atoms with Crippen molar-refractivity contribution in [3.63, 3.8) is 0 Å². The standard InChI is InChI=1S/C25H35N5O5S/c1-5-15(3)20(14-31)29-36(33,34)18-11-12-21(35-6-2)19(13-18)23-27-25(32)22-16(4)26-24(30(22)28-23)17-9-7-8-10-17/h11-13,15,17,20,29,31H,5-10,14H2,1-4H3,(H,27,28,32). The van der Waals surface area contributed by atoms with Crippen LogP contribution in [0, 0.1) is 12.8 Å². The van der Waals surface area contributed by atoms with Crippen LogP contribution in [0.5, 0.6) is 5.75 Å². The fraction of sp³-hybridized carbons (Fsp3) is 0.560. The van der Waals surface area contributed by atoms with E-state index < -0.39 is 16.1 Å². The van der Waals surface area contributed by atoms with Gasteiger partial charge in [0.15, 0.2) is 11.3 Å². The molecule has 1 fully saturated rings. The second kappa shape index (κ2) is 10.7. The van der Waals surface area contributed by atoms with Crippen molar-refractivity contribution in [1.82, 2.24) is 24.3 Å². The van der Waals surface area contributed by atoms with E-state index in [9.17, 15) is 18.3 Å². The van der Waals surface area contributed by atoms with Gasteiger partial charge in [0.2, 0.25) is 10.0 Å². The second-order valence-electron chi connectivity index (χ2n) is 9.49. The van der Waals surface area contributed by atoms with Crippen molar-refractivity contribution in [2.24, 2.45) is 5.92 Å². The molecule has 4 rings (SSSR count). The molecule has 1 aliphatic carbocycles. The summed E-state index contributed by atoms with van der Waals surface area (Å²) in [7, 11) is -3.96. The lowest BCUT2D eigenvalue weighted by molar-refractivity contribution is 0.219. The average molecular weight is 518 g/mol. The summed E-state index contributed by atoms with van der Waals surface area (Å²) in [4.78, 5) is 20.6. The Kier molecular flexibility index (Phi) is 7.82. The molecule has 0 amide bonds. The average Bonchev–Trinajstić information content (AvgIpc) is 3.50. The van der Waals surface area contributed by atoms with Crippen molar-refractivity contribution in [2.75, 3.05) is 13.2 Å². The quantitative estimate of drug-likeness (QED) is 0.375. The summed E-state index contributed by atoms with van der Waals surface area (Å²) >= 11 is 0. The molecule has 2 aromatic heterocycles. The fourth-order valence-corrected chi connectivity index (χ4v) is 6.15. The molecule has 0 bridgehead atoms.